The molecule has 27 heavy (non-hydrogen) atoms. The maximum absolute atomic E-state index is 4.99. The molecule has 0 radical (unpaired) electrons. The summed E-state index contributed by atoms with van der Waals surface area (Å²) in [6.45, 7) is 14.8. The predicted molar refractivity (Wildman–Crippen MR) is 110 cm³/mol. The lowest BCUT2D eigenvalue weighted by molar-refractivity contribution is 0.407. The number of nitrogens with zero attached hydrogens (tertiary/aromatic N) is 4. The molecule has 0 saturated heterocycles. The molecule has 2 aromatic rings. The fraction of sp³-hybridized carbons (Fsp3) is 0.739. The topological polar surface area (TPSA) is 35.6 Å². The van der Waals surface area contributed by atoms with Gasteiger partial charge in [0.05, 0.1) is 11.4 Å². The predicted octanol–water partition coefficient (Wildman–Crippen LogP) is 5.86. The number of hydrogen-bond donors (Lipinski definition) is 0. The third kappa shape index (κ3) is 3.36. The van der Waals surface area contributed by atoms with Crippen molar-refractivity contribution in [1.29, 1.82) is 0 Å². The highest BCUT2D eigenvalue weighted by Crippen LogP contribution is 2.42. The minimum Gasteiger partial charge on any atom is -0.251 e. The van der Waals surface area contributed by atoms with Crippen molar-refractivity contribution in [2.45, 2.75) is 97.6 Å². The standard InChI is InChI=1S/C23H36N4/c1-14(2)18-9-7-16(5)22-20(18)11-26(24-22)13-27-12-21-19(15(3)4)10-8-17(6)23(21)25-27/h11-12,14-19H,7-10,13H2,1-6H3/t16-,17-,18-,19-/m0/s1. The second-order valence-corrected chi connectivity index (χ2v) is 9.82. The molecule has 2 aromatic heterocycles. The summed E-state index contributed by atoms with van der Waals surface area (Å²) in [5.74, 6) is 3.82. The second kappa shape index (κ2) is 7.10. The SMILES string of the molecule is CC(C)[C@@H]1CC[C@H](C)c2nn(Cn3cc4c(n3)[C@@H](C)CC[C@H]4C(C)C)cc21. The first-order valence-electron chi connectivity index (χ1n) is 11.0. The van der Waals surface area contributed by atoms with Gasteiger partial charge in [-0.1, -0.05) is 41.5 Å². The second-order valence-electron chi connectivity index (χ2n) is 9.82. The zero-order chi connectivity index (χ0) is 19.3. The van der Waals surface area contributed by atoms with Crippen LogP contribution in [0.25, 0.3) is 0 Å². The molecular weight excluding hydrogens is 332 g/mol. The molecule has 148 valence electrons. The molecule has 0 unspecified atom stereocenters. The van der Waals surface area contributed by atoms with Gasteiger partial charge in [-0.3, -0.25) is 9.36 Å². The first-order valence-corrected chi connectivity index (χ1v) is 11.0. The van der Waals surface area contributed by atoms with E-state index >= 15 is 0 Å². The summed E-state index contributed by atoms with van der Waals surface area (Å²) in [4.78, 5) is 0. The Hall–Kier alpha value is -1.58. The van der Waals surface area contributed by atoms with Crippen LogP contribution in [0.1, 0.15) is 113 Å². The summed E-state index contributed by atoms with van der Waals surface area (Å²) in [5.41, 5.74) is 5.61. The van der Waals surface area contributed by atoms with Crippen LogP contribution in [0.2, 0.25) is 0 Å². The molecule has 0 amide bonds. The monoisotopic (exact) mass is 368 g/mol. The highest BCUT2D eigenvalue weighted by molar-refractivity contribution is 5.30. The van der Waals surface area contributed by atoms with Crippen molar-refractivity contribution in [3.8, 4) is 0 Å². The van der Waals surface area contributed by atoms with Crippen molar-refractivity contribution in [3.63, 3.8) is 0 Å². The highest BCUT2D eigenvalue weighted by atomic mass is 15.4. The molecular formula is C23H36N4. The lowest BCUT2D eigenvalue weighted by Crippen LogP contribution is -2.15. The maximum Gasteiger partial charge on any atom is 0.133 e. The summed E-state index contributed by atoms with van der Waals surface area (Å²) in [7, 11) is 0. The normalized spacial score (nSPS) is 27.9. The van der Waals surface area contributed by atoms with E-state index in [1.54, 1.807) is 0 Å². The summed E-state index contributed by atoms with van der Waals surface area (Å²) >= 11 is 0. The van der Waals surface area contributed by atoms with Gasteiger partial charge in [0.1, 0.15) is 6.67 Å². The minimum absolute atomic E-state index is 0.576. The summed E-state index contributed by atoms with van der Waals surface area (Å²) in [6.07, 6.45) is 9.72. The Labute approximate surface area is 164 Å². The van der Waals surface area contributed by atoms with Crippen LogP contribution in [-0.4, -0.2) is 19.6 Å². The van der Waals surface area contributed by atoms with Gasteiger partial charge < -0.3 is 0 Å². The largest absolute Gasteiger partial charge is 0.251 e. The Morgan fingerprint density at radius 3 is 1.56 bits per heavy atom. The Kier molecular flexibility index (Phi) is 4.94. The highest BCUT2D eigenvalue weighted by Gasteiger charge is 2.31. The van der Waals surface area contributed by atoms with E-state index in [1.807, 2.05) is 0 Å². The zero-order valence-corrected chi connectivity index (χ0v) is 17.9. The third-order valence-electron chi connectivity index (χ3n) is 7.09. The van der Waals surface area contributed by atoms with Gasteiger partial charge in [0.25, 0.3) is 0 Å². The van der Waals surface area contributed by atoms with Gasteiger partial charge in [-0.05, 0) is 60.5 Å². The average Bonchev–Trinajstić information content (AvgIpc) is 3.20. The molecule has 2 aliphatic carbocycles. The van der Waals surface area contributed by atoms with E-state index in [4.69, 9.17) is 10.2 Å². The number of rotatable bonds is 4. The van der Waals surface area contributed by atoms with Crippen molar-refractivity contribution in [2.24, 2.45) is 11.8 Å². The molecule has 4 atom stereocenters. The average molecular weight is 369 g/mol. The Morgan fingerprint density at radius 2 is 1.19 bits per heavy atom. The van der Waals surface area contributed by atoms with Crippen LogP contribution in [0.5, 0.6) is 0 Å². The van der Waals surface area contributed by atoms with E-state index in [-0.39, 0.29) is 0 Å². The first kappa shape index (κ1) is 18.8. The van der Waals surface area contributed by atoms with Gasteiger partial charge in [-0.25, -0.2) is 0 Å². The van der Waals surface area contributed by atoms with E-state index in [2.05, 4.69) is 63.3 Å². The lowest BCUT2D eigenvalue weighted by atomic mass is 9.76. The molecule has 2 heterocycles. The number of hydrogen-bond acceptors (Lipinski definition) is 2. The first-order chi connectivity index (χ1) is 12.8. The Balaban J connectivity index is 1.62. The van der Waals surface area contributed by atoms with Gasteiger partial charge in [-0.2, -0.15) is 10.2 Å². The molecule has 0 aromatic carbocycles. The Morgan fingerprint density at radius 1 is 0.778 bits per heavy atom. The molecule has 4 nitrogen and oxygen atoms in total. The van der Waals surface area contributed by atoms with Crippen molar-refractivity contribution in [2.75, 3.05) is 0 Å². The summed E-state index contributed by atoms with van der Waals surface area (Å²) < 4.78 is 4.27. The lowest BCUT2D eigenvalue weighted by Gasteiger charge is -2.28. The van der Waals surface area contributed by atoms with E-state index in [0.717, 1.165) is 6.67 Å². The molecule has 0 fully saturated rings. The summed E-state index contributed by atoms with van der Waals surface area (Å²) in [6, 6.07) is 0. The minimum atomic E-state index is 0.576. The molecule has 0 aliphatic heterocycles. The van der Waals surface area contributed by atoms with Crippen molar-refractivity contribution in [3.05, 3.63) is 34.9 Å². The van der Waals surface area contributed by atoms with Crippen LogP contribution >= 0.6 is 0 Å². The van der Waals surface area contributed by atoms with Crippen LogP contribution in [0.15, 0.2) is 12.4 Å². The van der Waals surface area contributed by atoms with E-state index in [1.165, 1.54) is 48.2 Å². The molecule has 0 saturated carbocycles. The molecule has 4 heteroatoms. The van der Waals surface area contributed by atoms with E-state index in [9.17, 15) is 0 Å². The van der Waals surface area contributed by atoms with Gasteiger partial charge in [0.15, 0.2) is 0 Å². The molecule has 0 bridgehead atoms. The van der Waals surface area contributed by atoms with Gasteiger partial charge in [-0.15, -0.1) is 0 Å². The van der Waals surface area contributed by atoms with Gasteiger partial charge in [0, 0.05) is 24.2 Å². The quantitative estimate of drug-likeness (QED) is 0.677. The smallest absolute Gasteiger partial charge is 0.133 e. The van der Waals surface area contributed by atoms with Gasteiger partial charge >= 0.3 is 0 Å². The molecule has 2 aliphatic rings. The summed E-state index contributed by atoms with van der Waals surface area (Å²) in [5, 5.41) is 9.99. The number of aromatic nitrogens is 4. The zero-order valence-electron chi connectivity index (χ0n) is 17.9. The van der Waals surface area contributed by atoms with Crippen molar-refractivity contribution < 1.29 is 0 Å². The van der Waals surface area contributed by atoms with Crippen molar-refractivity contribution in [1.82, 2.24) is 19.6 Å². The van der Waals surface area contributed by atoms with Crippen LogP contribution in [0.4, 0.5) is 0 Å². The third-order valence-corrected chi connectivity index (χ3v) is 7.09. The Bertz CT molecular complexity index is 731. The van der Waals surface area contributed by atoms with E-state index in [0.29, 0.717) is 35.5 Å². The molecule has 0 spiro atoms. The van der Waals surface area contributed by atoms with Gasteiger partial charge in [0.2, 0.25) is 0 Å². The molecule has 4 rings (SSSR count). The van der Waals surface area contributed by atoms with Crippen molar-refractivity contribution >= 4 is 0 Å². The van der Waals surface area contributed by atoms with Crippen LogP contribution in [0, 0.1) is 11.8 Å². The van der Waals surface area contributed by atoms with Crippen LogP contribution in [-0.2, 0) is 6.67 Å². The number of fused-ring (bicyclic) bond motifs is 2. The van der Waals surface area contributed by atoms with Crippen LogP contribution < -0.4 is 0 Å². The fourth-order valence-corrected chi connectivity index (χ4v) is 5.36. The maximum atomic E-state index is 4.99. The van der Waals surface area contributed by atoms with Crippen LogP contribution in [0.3, 0.4) is 0 Å². The fourth-order valence-electron chi connectivity index (χ4n) is 5.36. The van der Waals surface area contributed by atoms with E-state index < -0.39 is 0 Å². The molecule has 0 N–H and O–H groups in total.